The van der Waals surface area contributed by atoms with Gasteiger partial charge in [-0.1, -0.05) is 0 Å². The van der Waals surface area contributed by atoms with Gasteiger partial charge in [0.2, 0.25) is 0 Å². The molecule has 0 saturated carbocycles. The molecule has 6 heteroatoms. The van der Waals surface area contributed by atoms with Gasteiger partial charge >= 0.3 is 0 Å². The summed E-state index contributed by atoms with van der Waals surface area (Å²) in [6.45, 7) is 4.04. The van der Waals surface area contributed by atoms with E-state index in [9.17, 15) is 0 Å². The Labute approximate surface area is 112 Å². The number of fused-ring (bicyclic) bond motifs is 1. The van der Waals surface area contributed by atoms with Crippen molar-refractivity contribution in [3.05, 3.63) is 24.2 Å². The maximum Gasteiger partial charge on any atom is 0.152 e. The predicted octanol–water partition coefficient (Wildman–Crippen LogP) is 0.958. The van der Waals surface area contributed by atoms with E-state index >= 15 is 0 Å². The van der Waals surface area contributed by atoms with Gasteiger partial charge in [0, 0.05) is 32.2 Å². The molecule has 1 fully saturated rings. The Bertz CT molecular complexity index is 573. The van der Waals surface area contributed by atoms with E-state index in [2.05, 4.69) is 15.4 Å². The normalized spacial score (nSPS) is 18.6. The lowest BCUT2D eigenvalue weighted by molar-refractivity contribution is 0.0627. The third-order valence-electron chi connectivity index (χ3n) is 3.74. The van der Waals surface area contributed by atoms with Crippen molar-refractivity contribution in [3.63, 3.8) is 0 Å². The molecule has 3 rings (SSSR count). The number of nitrogens with one attached hydrogen (secondary N) is 1. The zero-order chi connectivity index (χ0) is 13.3. The number of nitrogens with two attached hydrogens (primary N) is 1. The van der Waals surface area contributed by atoms with Crippen LogP contribution in [0.4, 0.5) is 5.82 Å². The van der Waals surface area contributed by atoms with E-state index in [1.165, 1.54) is 0 Å². The molecule has 102 valence electrons. The average Bonchev–Trinajstić information content (AvgIpc) is 2.81. The fraction of sp³-hybridized carbons (Fsp3) is 0.538. The third-order valence-corrected chi connectivity index (χ3v) is 3.74. The molecule has 2 aromatic rings. The van der Waals surface area contributed by atoms with Crippen molar-refractivity contribution in [2.45, 2.75) is 25.3 Å². The summed E-state index contributed by atoms with van der Waals surface area (Å²) in [5.74, 6) is 0.843. The van der Waals surface area contributed by atoms with E-state index in [1.54, 1.807) is 6.20 Å². The number of nitrogens with zero attached hydrogens (tertiary/aromatic N) is 3. The molecular weight excluding hydrogens is 242 g/mol. The number of aromatic nitrogens is 3. The molecule has 0 atom stereocenters. The fourth-order valence-corrected chi connectivity index (χ4v) is 2.53. The summed E-state index contributed by atoms with van der Waals surface area (Å²) in [7, 11) is 0. The second-order valence-corrected chi connectivity index (χ2v) is 5.11. The second-order valence-electron chi connectivity index (χ2n) is 5.11. The Balaban J connectivity index is 1.95. The summed E-state index contributed by atoms with van der Waals surface area (Å²) in [6.07, 6.45) is 5.41. The van der Waals surface area contributed by atoms with E-state index in [0.29, 0.717) is 6.54 Å². The average molecular weight is 261 g/mol. The highest BCUT2D eigenvalue weighted by molar-refractivity contribution is 5.68. The largest absolute Gasteiger partial charge is 0.381 e. The van der Waals surface area contributed by atoms with Gasteiger partial charge in [0.1, 0.15) is 5.52 Å². The van der Waals surface area contributed by atoms with E-state index in [-0.39, 0.29) is 5.54 Å². The van der Waals surface area contributed by atoms with Gasteiger partial charge in [-0.2, -0.15) is 5.10 Å². The maximum absolute atomic E-state index is 5.97. The highest BCUT2D eigenvalue weighted by Gasteiger charge is 2.32. The molecule has 0 aromatic carbocycles. The molecule has 0 unspecified atom stereocenters. The predicted molar refractivity (Wildman–Crippen MR) is 73.2 cm³/mol. The van der Waals surface area contributed by atoms with Crippen molar-refractivity contribution in [1.29, 1.82) is 0 Å². The zero-order valence-corrected chi connectivity index (χ0v) is 11.1. The van der Waals surface area contributed by atoms with Crippen LogP contribution in [-0.2, 0) is 4.74 Å². The van der Waals surface area contributed by atoms with E-state index in [0.717, 1.165) is 43.1 Å². The molecule has 6 nitrogen and oxygen atoms in total. The van der Waals surface area contributed by atoms with Crippen LogP contribution < -0.4 is 11.1 Å². The monoisotopic (exact) mass is 261 g/mol. The molecule has 0 spiro atoms. The number of ether oxygens (including phenoxy) is 1. The van der Waals surface area contributed by atoms with Gasteiger partial charge in [0.05, 0.1) is 11.2 Å². The summed E-state index contributed by atoms with van der Waals surface area (Å²) in [4.78, 5) is 4.44. The van der Waals surface area contributed by atoms with Gasteiger partial charge in [-0.25, -0.2) is 9.50 Å². The molecular formula is C13H19N5O. The number of aryl methyl sites for hydroxylation is 1. The first-order valence-electron chi connectivity index (χ1n) is 6.59. The summed E-state index contributed by atoms with van der Waals surface area (Å²) < 4.78 is 7.26. The van der Waals surface area contributed by atoms with E-state index < -0.39 is 0 Å². The number of hydrogen-bond donors (Lipinski definition) is 2. The Kier molecular flexibility index (Phi) is 3.12. The summed E-state index contributed by atoms with van der Waals surface area (Å²) >= 11 is 0. The van der Waals surface area contributed by atoms with Gasteiger partial charge < -0.3 is 15.8 Å². The molecule has 2 aromatic heterocycles. The van der Waals surface area contributed by atoms with Crippen LogP contribution in [0.3, 0.4) is 0 Å². The lowest BCUT2D eigenvalue weighted by Crippen LogP contribution is -2.49. The van der Waals surface area contributed by atoms with Crippen molar-refractivity contribution in [2.75, 3.05) is 25.1 Å². The Morgan fingerprint density at radius 1 is 1.47 bits per heavy atom. The van der Waals surface area contributed by atoms with Crippen molar-refractivity contribution < 1.29 is 4.74 Å². The minimum atomic E-state index is -0.120. The van der Waals surface area contributed by atoms with Crippen LogP contribution >= 0.6 is 0 Å². The zero-order valence-electron chi connectivity index (χ0n) is 11.1. The van der Waals surface area contributed by atoms with Crippen molar-refractivity contribution in [3.8, 4) is 0 Å². The second kappa shape index (κ2) is 4.79. The lowest BCUT2D eigenvalue weighted by atomic mass is 9.90. The third kappa shape index (κ3) is 2.29. The van der Waals surface area contributed by atoms with Gasteiger partial charge in [0.15, 0.2) is 5.82 Å². The van der Waals surface area contributed by atoms with Crippen LogP contribution in [0.1, 0.15) is 18.5 Å². The molecule has 1 aliphatic heterocycles. The molecule has 1 aliphatic rings. The van der Waals surface area contributed by atoms with Crippen LogP contribution in [0.15, 0.2) is 18.5 Å². The van der Waals surface area contributed by atoms with Gasteiger partial charge in [-0.05, 0) is 25.8 Å². The van der Waals surface area contributed by atoms with Crippen LogP contribution in [0.5, 0.6) is 0 Å². The van der Waals surface area contributed by atoms with Crippen LogP contribution in [0, 0.1) is 6.92 Å². The number of rotatable bonds is 3. The maximum atomic E-state index is 5.97. The molecule has 3 N–H and O–H groups in total. The fourth-order valence-electron chi connectivity index (χ4n) is 2.53. The molecule has 19 heavy (non-hydrogen) atoms. The summed E-state index contributed by atoms with van der Waals surface area (Å²) in [5.41, 5.74) is 7.81. The van der Waals surface area contributed by atoms with Gasteiger partial charge in [0.25, 0.3) is 0 Å². The highest BCUT2D eigenvalue weighted by atomic mass is 16.5. The molecule has 0 bridgehead atoms. The van der Waals surface area contributed by atoms with E-state index in [1.807, 2.05) is 23.7 Å². The Morgan fingerprint density at radius 3 is 3.00 bits per heavy atom. The van der Waals surface area contributed by atoms with Crippen molar-refractivity contribution in [1.82, 2.24) is 14.6 Å². The number of hydrogen-bond acceptors (Lipinski definition) is 5. The molecule has 3 heterocycles. The highest BCUT2D eigenvalue weighted by Crippen LogP contribution is 2.26. The Morgan fingerprint density at radius 2 is 2.26 bits per heavy atom. The SMILES string of the molecule is Cc1cc2c(NC3(CN)CCOCC3)nccn2n1. The first-order chi connectivity index (χ1) is 9.22. The molecule has 1 saturated heterocycles. The van der Waals surface area contributed by atoms with Gasteiger partial charge in [-0.3, -0.25) is 0 Å². The van der Waals surface area contributed by atoms with Crippen LogP contribution in [-0.4, -0.2) is 39.9 Å². The molecule has 0 aliphatic carbocycles. The van der Waals surface area contributed by atoms with Crippen LogP contribution in [0.25, 0.3) is 5.52 Å². The smallest absolute Gasteiger partial charge is 0.152 e. The minimum absolute atomic E-state index is 0.120. The Hall–Kier alpha value is -1.66. The van der Waals surface area contributed by atoms with Crippen molar-refractivity contribution in [2.24, 2.45) is 5.73 Å². The van der Waals surface area contributed by atoms with E-state index in [4.69, 9.17) is 10.5 Å². The topological polar surface area (TPSA) is 77.5 Å². The first-order valence-corrected chi connectivity index (χ1v) is 6.59. The molecule has 0 amide bonds. The number of anilines is 1. The quantitative estimate of drug-likeness (QED) is 0.860. The standard InChI is InChI=1S/C13H19N5O/c1-10-8-11-12(15-4-5-18(11)17-10)16-13(9-14)2-6-19-7-3-13/h4-5,8H,2-3,6-7,9,14H2,1H3,(H,15,16). The first kappa shape index (κ1) is 12.4. The van der Waals surface area contributed by atoms with Crippen molar-refractivity contribution >= 4 is 11.3 Å². The van der Waals surface area contributed by atoms with Crippen LogP contribution in [0.2, 0.25) is 0 Å². The summed E-state index contributed by atoms with van der Waals surface area (Å²) in [5, 5.41) is 7.92. The summed E-state index contributed by atoms with van der Waals surface area (Å²) in [6, 6.07) is 2.03. The lowest BCUT2D eigenvalue weighted by Gasteiger charge is -2.37. The van der Waals surface area contributed by atoms with Gasteiger partial charge in [-0.15, -0.1) is 0 Å². The molecule has 0 radical (unpaired) electrons. The minimum Gasteiger partial charge on any atom is -0.381 e.